The summed E-state index contributed by atoms with van der Waals surface area (Å²) in [5.41, 5.74) is 0.611. The molecule has 0 bridgehead atoms. The highest BCUT2D eigenvalue weighted by Gasteiger charge is 2.43. The zero-order chi connectivity index (χ0) is 22.7. The number of nitriles is 1. The van der Waals surface area contributed by atoms with Crippen LogP contribution in [0.25, 0.3) is 6.08 Å². The molecule has 32 heavy (non-hydrogen) atoms. The van der Waals surface area contributed by atoms with E-state index in [1.54, 1.807) is 13.0 Å². The molecule has 1 unspecified atom stereocenters. The van der Waals surface area contributed by atoms with E-state index in [-0.39, 0.29) is 29.2 Å². The van der Waals surface area contributed by atoms with Crippen LogP contribution >= 0.6 is 11.8 Å². The van der Waals surface area contributed by atoms with Gasteiger partial charge in [-0.1, -0.05) is 42.1 Å². The van der Waals surface area contributed by atoms with E-state index in [4.69, 9.17) is 0 Å². The van der Waals surface area contributed by atoms with Crippen LogP contribution in [-0.2, 0) is 9.59 Å². The van der Waals surface area contributed by atoms with Gasteiger partial charge in [-0.05, 0) is 61.6 Å². The third-order valence-corrected chi connectivity index (χ3v) is 6.31. The minimum Gasteiger partial charge on any atom is -0.337 e. The number of rotatable bonds is 6. The van der Waals surface area contributed by atoms with Gasteiger partial charge in [0, 0.05) is 0 Å². The Balaban J connectivity index is 1.55. The van der Waals surface area contributed by atoms with Crippen LogP contribution in [0.15, 0.2) is 65.3 Å². The molecule has 4 rings (SSSR count). The van der Waals surface area contributed by atoms with Crippen molar-refractivity contribution >= 4 is 40.5 Å². The summed E-state index contributed by atoms with van der Waals surface area (Å²) in [6.45, 7) is 1.73. The number of benzene rings is 2. The second kappa shape index (κ2) is 8.97. The summed E-state index contributed by atoms with van der Waals surface area (Å²) in [6.07, 6.45) is 3.52. The number of aliphatic imine (C=N–C) groups is 1. The Hall–Kier alpha value is -3.44. The van der Waals surface area contributed by atoms with Gasteiger partial charge in [-0.2, -0.15) is 5.26 Å². The van der Waals surface area contributed by atoms with Gasteiger partial charge in [0.2, 0.25) is 5.91 Å². The second-order valence-electron chi connectivity index (χ2n) is 7.88. The quantitative estimate of drug-likeness (QED) is 0.674. The molecule has 6 nitrogen and oxygen atoms in total. The number of amidine groups is 1. The Morgan fingerprint density at radius 2 is 1.97 bits per heavy atom. The second-order valence-corrected chi connectivity index (χ2v) is 8.82. The molecule has 2 aromatic carbocycles. The number of carbonyl (C=O) groups is 2. The predicted molar refractivity (Wildman–Crippen MR) is 123 cm³/mol. The fourth-order valence-electron chi connectivity index (χ4n) is 3.46. The molecule has 1 aliphatic heterocycles. The standard InChI is InChI=1S/C24H21FN4O2S/c1-24(15-26,17-7-8-17)28-21(30)14-32-23-27-20(13-16-5-3-2-4-6-16)22(31)29(23)19-11-9-18(25)10-12-19/h2-6,9-13,17H,7-8,14H2,1H3,(H,28,30). The van der Waals surface area contributed by atoms with Crippen molar-refractivity contribution in [2.24, 2.45) is 10.9 Å². The lowest BCUT2D eigenvalue weighted by atomic mass is 9.98. The van der Waals surface area contributed by atoms with Gasteiger partial charge in [0.05, 0.1) is 17.5 Å². The monoisotopic (exact) mass is 448 g/mol. The summed E-state index contributed by atoms with van der Waals surface area (Å²) < 4.78 is 13.4. The maximum absolute atomic E-state index is 13.4. The number of carbonyl (C=O) groups excluding carboxylic acids is 2. The van der Waals surface area contributed by atoms with Gasteiger partial charge in [0.25, 0.3) is 5.91 Å². The van der Waals surface area contributed by atoms with Gasteiger partial charge >= 0.3 is 0 Å². The first-order valence-corrected chi connectivity index (χ1v) is 11.2. The minimum atomic E-state index is -0.889. The maximum Gasteiger partial charge on any atom is 0.283 e. The number of amides is 2. The smallest absolute Gasteiger partial charge is 0.283 e. The van der Waals surface area contributed by atoms with Crippen LogP contribution in [0.4, 0.5) is 10.1 Å². The van der Waals surface area contributed by atoms with Crippen LogP contribution in [0.1, 0.15) is 25.3 Å². The van der Waals surface area contributed by atoms with Gasteiger partial charge in [0.1, 0.15) is 17.1 Å². The average molecular weight is 449 g/mol. The van der Waals surface area contributed by atoms with Crippen LogP contribution in [-0.4, -0.2) is 28.3 Å². The first-order chi connectivity index (χ1) is 15.4. The number of anilines is 1. The molecular weight excluding hydrogens is 427 g/mol. The highest BCUT2D eigenvalue weighted by Crippen LogP contribution is 2.39. The molecule has 1 aliphatic carbocycles. The predicted octanol–water partition coefficient (Wildman–Crippen LogP) is 4.11. The van der Waals surface area contributed by atoms with E-state index in [2.05, 4.69) is 16.4 Å². The molecule has 8 heteroatoms. The van der Waals surface area contributed by atoms with Gasteiger partial charge in [0.15, 0.2) is 5.17 Å². The molecule has 1 atom stereocenters. The average Bonchev–Trinajstić information content (AvgIpc) is 3.60. The lowest BCUT2D eigenvalue weighted by Gasteiger charge is -2.23. The largest absolute Gasteiger partial charge is 0.337 e. The number of nitrogens with zero attached hydrogens (tertiary/aromatic N) is 3. The lowest BCUT2D eigenvalue weighted by molar-refractivity contribution is -0.120. The fourth-order valence-corrected chi connectivity index (χ4v) is 4.27. The summed E-state index contributed by atoms with van der Waals surface area (Å²) in [5, 5.41) is 12.6. The van der Waals surface area contributed by atoms with E-state index in [0.29, 0.717) is 10.9 Å². The third kappa shape index (κ3) is 4.73. The molecule has 0 aromatic heterocycles. The number of hydrogen-bond donors (Lipinski definition) is 1. The number of nitrogens with one attached hydrogen (secondary N) is 1. The first kappa shape index (κ1) is 21.8. The van der Waals surface area contributed by atoms with Gasteiger partial charge in [-0.15, -0.1) is 0 Å². The number of hydrogen-bond acceptors (Lipinski definition) is 5. The van der Waals surface area contributed by atoms with E-state index in [1.165, 1.54) is 29.2 Å². The maximum atomic E-state index is 13.4. The molecule has 0 saturated heterocycles. The summed E-state index contributed by atoms with van der Waals surface area (Å²) in [5.74, 6) is -0.916. The van der Waals surface area contributed by atoms with Crippen molar-refractivity contribution in [3.05, 3.63) is 71.7 Å². The zero-order valence-electron chi connectivity index (χ0n) is 17.4. The third-order valence-electron chi connectivity index (χ3n) is 5.37. The normalized spacial score (nSPS) is 18.8. The summed E-state index contributed by atoms with van der Waals surface area (Å²) in [7, 11) is 0. The number of halogens is 1. The van der Waals surface area contributed by atoms with Crippen molar-refractivity contribution < 1.29 is 14.0 Å². The van der Waals surface area contributed by atoms with Crippen molar-refractivity contribution in [3.63, 3.8) is 0 Å². The Kier molecular flexibility index (Phi) is 6.10. The Morgan fingerprint density at radius 1 is 1.28 bits per heavy atom. The number of thioether (sulfide) groups is 1. The molecular formula is C24H21FN4O2S. The Labute approximate surface area is 189 Å². The van der Waals surface area contributed by atoms with E-state index < -0.39 is 11.4 Å². The van der Waals surface area contributed by atoms with Crippen LogP contribution < -0.4 is 10.2 Å². The molecule has 162 valence electrons. The van der Waals surface area contributed by atoms with Crippen molar-refractivity contribution in [2.45, 2.75) is 25.3 Å². The Bertz CT molecular complexity index is 1140. The van der Waals surface area contributed by atoms with E-state index in [0.717, 1.165) is 30.2 Å². The van der Waals surface area contributed by atoms with Crippen LogP contribution in [0, 0.1) is 23.1 Å². The van der Waals surface area contributed by atoms with Crippen LogP contribution in [0.2, 0.25) is 0 Å². The summed E-state index contributed by atoms with van der Waals surface area (Å²) >= 11 is 1.10. The van der Waals surface area contributed by atoms with Crippen molar-refractivity contribution in [2.75, 3.05) is 10.7 Å². The SMILES string of the molecule is CC(C#N)(NC(=O)CSC1=NC(=Cc2ccccc2)C(=O)N1c1ccc(F)cc1)C1CC1. The molecule has 2 aliphatic rings. The first-order valence-electron chi connectivity index (χ1n) is 10.2. The molecule has 0 spiro atoms. The lowest BCUT2D eigenvalue weighted by Crippen LogP contribution is -2.47. The Morgan fingerprint density at radius 3 is 2.59 bits per heavy atom. The highest BCUT2D eigenvalue weighted by molar-refractivity contribution is 8.14. The van der Waals surface area contributed by atoms with Crippen LogP contribution in [0.3, 0.4) is 0 Å². The van der Waals surface area contributed by atoms with E-state index in [9.17, 15) is 19.2 Å². The molecule has 0 radical (unpaired) electrons. The molecule has 1 saturated carbocycles. The van der Waals surface area contributed by atoms with Crippen molar-refractivity contribution in [1.29, 1.82) is 5.26 Å². The van der Waals surface area contributed by atoms with Crippen molar-refractivity contribution in [3.8, 4) is 6.07 Å². The van der Waals surface area contributed by atoms with Gasteiger partial charge in [-0.3, -0.25) is 14.5 Å². The van der Waals surface area contributed by atoms with Gasteiger partial charge in [-0.25, -0.2) is 9.38 Å². The summed E-state index contributed by atoms with van der Waals surface area (Å²) in [6, 6.07) is 17.0. The molecule has 2 amide bonds. The van der Waals surface area contributed by atoms with E-state index in [1.807, 2.05) is 30.3 Å². The molecule has 1 heterocycles. The van der Waals surface area contributed by atoms with Crippen LogP contribution in [0.5, 0.6) is 0 Å². The molecule has 1 N–H and O–H groups in total. The highest BCUT2D eigenvalue weighted by atomic mass is 32.2. The summed E-state index contributed by atoms with van der Waals surface area (Å²) in [4.78, 5) is 31.5. The molecule has 2 aromatic rings. The van der Waals surface area contributed by atoms with Crippen molar-refractivity contribution in [1.82, 2.24) is 5.32 Å². The topological polar surface area (TPSA) is 85.6 Å². The minimum absolute atomic E-state index is 0.00752. The molecule has 1 fully saturated rings. The van der Waals surface area contributed by atoms with E-state index >= 15 is 0 Å². The zero-order valence-corrected chi connectivity index (χ0v) is 18.2. The van der Waals surface area contributed by atoms with Gasteiger partial charge < -0.3 is 5.32 Å². The fraction of sp³-hybridized carbons (Fsp3) is 0.250.